The highest BCUT2D eigenvalue weighted by molar-refractivity contribution is 7.91. The van der Waals surface area contributed by atoms with Crippen molar-refractivity contribution >= 4 is 44.0 Å². The Hall–Kier alpha value is -2.82. The highest BCUT2D eigenvalue weighted by Gasteiger charge is 2.32. The Morgan fingerprint density at radius 3 is 2.57 bits per heavy atom. The molecule has 3 heterocycles. The quantitative estimate of drug-likeness (QED) is 0.572. The van der Waals surface area contributed by atoms with Crippen molar-refractivity contribution in [3.05, 3.63) is 59.2 Å². The van der Waals surface area contributed by atoms with Gasteiger partial charge in [-0.25, -0.2) is 13.2 Å². The average molecular weight is 446 g/mol. The predicted octanol–water partition coefficient (Wildman–Crippen LogP) is 2.23. The van der Waals surface area contributed by atoms with Gasteiger partial charge in [-0.3, -0.25) is 9.78 Å². The number of piperazine rings is 1. The number of amides is 1. The maximum atomic E-state index is 13.0. The van der Waals surface area contributed by atoms with Crippen LogP contribution in [0.1, 0.15) is 20.8 Å². The topological polar surface area (TPSA) is 96.9 Å². The van der Waals surface area contributed by atoms with Gasteiger partial charge in [0, 0.05) is 43.1 Å². The molecule has 8 nitrogen and oxygen atoms in total. The number of methoxy groups -OCH3 is 1. The van der Waals surface area contributed by atoms with E-state index in [9.17, 15) is 18.0 Å². The molecule has 0 bridgehead atoms. The number of thiophene rings is 1. The van der Waals surface area contributed by atoms with E-state index in [0.717, 1.165) is 22.1 Å². The van der Waals surface area contributed by atoms with Crippen LogP contribution in [0.4, 0.5) is 0 Å². The molecule has 0 N–H and O–H groups in total. The van der Waals surface area contributed by atoms with Crippen LogP contribution < -0.4 is 0 Å². The predicted molar refractivity (Wildman–Crippen MR) is 112 cm³/mol. The van der Waals surface area contributed by atoms with Crippen LogP contribution in [0.5, 0.6) is 0 Å². The minimum atomic E-state index is -3.74. The van der Waals surface area contributed by atoms with Crippen molar-refractivity contribution < 1.29 is 22.7 Å². The molecule has 10 heteroatoms. The minimum absolute atomic E-state index is 0.0818. The van der Waals surface area contributed by atoms with E-state index in [1.54, 1.807) is 11.1 Å². The van der Waals surface area contributed by atoms with Crippen LogP contribution in [0.2, 0.25) is 0 Å². The van der Waals surface area contributed by atoms with Gasteiger partial charge in [-0.2, -0.15) is 4.31 Å². The van der Waals surface area contributed by atoms with Crippen LogP contribution in [-0.2, 0) is 14.8 Å². The number of pyridine rings is 1. The Morgan fingerprint density at radius 1 is 1.10 bits per heavy atom. The Balaban J connectivity index is 1.48. The first-order valence-electron chi connectivity index (χ1n) is 9.22. The molecule has 4 rings (SSSR count). The van der Waals surface area contributed by atoms with Crippen molar-refractivity contribution in [2.24, 2.45) is 0 Å². The number of fused-ring (bicyclic) bond motifs is 1. The summed E-state index contributed by atoms with van der Waals surface area (Å²) in [5, 5.41) is 3.16. The summed E-state index contributed by atoms with van der Waals surface area (Å²) in [7, 11) is -2.50. The number of hydrogen-bond donors (Lipinski definition) is 0. The molecule has 156 valence electrons. The first-order valence-corrected chi connectivity index (χ1v) is 11.5. The van der Waals surface area contributed by atoms with Crippen molar-refractivity contribution in [2.75, 3.05) is 33.3 Å². The molecule has 30 heavy (non-hydrogen) atoms. The number of ether oxygens (including phenoxy) is 1. The molecule has 1 aliphatic rings. The van der Waals surface area contributed by atoms with Gasteiger partial charge in [0.1, 0.15) is 9.90 Å². The maximum absolute atomic E-state index is 13.0. The highest BCUT2D eigenvalue weighted by atomic mass is 32.2. The second kappa shape index (κ2) is 8.13. The number of rotatable bonds is 4. The molecule has 1 fully saturated rings. The molecule has 1 amide bonds. The Labute approximate surface area is 177 Å². The number of carbonyl (C=O) groups excluding carboxylic acids is 2. The number of hydrogen-bond acceptors (Lipinski definition) is 7. The van der Waals surface area contributed by atoms with E-state index < -0.39 is 16.0 Å². The van der Waals surface area contributed by atoms with Gasteiger partial charge in [-0.15, -0.1) is 11.3 Å². The smallest absolute Gasteiger partial charge is 0.338 e. The second-order valence-electron chi connectivity index (χ2n) is 6.72. The van der Waals surface area contributed by atoms with E-state index >= 15 is 0 Å². The SMILES string of the molecule is COC(=O)c1csc(S(=O)(=O)N2CCN(C(=O)c3nccc4ccccc34)CC2)c1. The Morgan fingerprint density at radius 2 is 1.83 bits per heavy atom. The lowest BCUT2D eigenvalue weighted by Gasteiger charge is -2.33. The van der Waals surface area contributed by atoms with Crippen LogP contribution in [0, 0.1) is 0 Å². The van der Waals surface area contributed by atoms with Gasteiger partial charge in [-0.1, -0.05) is 24.3 Å². The van der Waals surface area contributed by atoms with Crippen LogP contribution in [0.3, 0.4) is 0 Å². The molecule has 1 aliphatic heterocycles. The van der Waals surface area contributed by atoms with Crippen LogP contribution in [-0.4, -0.2) is 67.8 Å². The Kier molecular flexibility index (Phi) is 5.54. The van der Waals surface area contributed by atoms with Crippen molar-refractivity contribution in [3.63, 3.8) is 0 Å². The first kappa shape index (κ1) is 20.5. The fourth-order valence-corrected chi connectivity index (χ4v) is 6.10. The van der Waals surface area contributed by atoms with Gasteiger partial charge in [-0.05, 0) is 17.5 Å². The standard InChI is InChI=1S/C20H19N3O5S2/c1-28-20(25)15-12-17(29-13-15)30(26,27)23-10-8-22(9-11-23)19(24)18-16-5-3-2-4-14(16)6-7-21-18/h2-7,12-13H,8-11H2,1H3. The maximum Gasteiger partial charge on any atom is 0.338 e. The second-order valence-corrected chi connectivity index (χ2v) is 9.80. The van der Waals surface area contributed by atoms with Crippen LogP contribution in [0.25, 0.3) is 10.8 Å². The van der Waals surface area contributed by atoms with Gasteiger partial charge in [0.2, 0.25) is 0 Å². The lowest BCUT2D eigenvalue weighted by atomic mass is 10.1. The van der Waals surface area contributed by atoms with Gasteiger partial charge in [0.05, 0.1) is 12.7 Å². The fourth-order valence-electron chi connectivity index (χ4n) is 3.38. The molecule has 2 aromatic heterocycles. The summed E-state index contributed by atoms with van der Waals surface area (Å²) in [6.45, 7) is 0.866. The monoisotopic (exact) mass is 445 g/mol. The number of benzene rings is 1. The first-order chi connectivity index (χ1) is 14.4. The van der Waals surface area contributed by atoms with E-state index in [2.05, 4.69) is 9.72 Å². The van der Waals surface area contributed by atoms with Crippen molar-refractivity contribution in [2.45, 2.75) is 4.21 Å². The zero-order valence-corrected chi connectivity index (χ0v) is 17.8. The summed E-state index contributed by atoms with van der Waals surface area (Å²) in [5.41, 5.74) is 0.572. The third kappa shape index (κ3) is 3.69. The summed E-state index contributed by atoms with van der Waals surface area (Å²) in [5.74, 6) is -0.793. The van der Waals surface area contributed by atoms with Gasteiger partial charge < -0.3 is 9.64 Å². The molecule has 0 radical (unpaired) electrons. The van der Waals surface area contributed by atoms with Gasteiger partial charge in [0.15, 0.2) is 0 Å². The summed E-state index contributed by atoms with van der Waals surface area (Å²) in [6, 6.07) is 10.7. The molecule has 0 unspecified atom stereocenters. The number of carbonyl (C=O) groups is 2. The van der Waals surface area contributed by atoms with E-state index in [0.29, 0.717) is 5.69 Å². The zero-order chi connectivity index (χ0) is 21.3. The van der Waals surface area contributed by atoms with Gasteiger partial charge in [0.25, 0.3) is 15.9 Å². The summed E-state index contributed by atoms with van der Waals surface area (Å²) >= 11 is 0.978. The summed E-state index contributed by atoms with van der Waals surface area (Å²) in [4.78, 5) is 30.5. The molecule has 0 spiro atoms. The fraction of sp³-hybridized carbons (Fsp3) is 0.250. The van der Waals surface area contributed by atoms with Crippen molar-refractivity contribution in [1.82, 2.24) is 14.2 Å². The van der Waals surface area contributed by atoms with Crippen LogP contribution in [0.15, 0.2) is 52.2 Å². The largest absolute Gasteiger partial charge is 0.465 e. The normalized spacial score (nSPS) is 15.3. The van der Waals surface area contributed by atoms with Gasteiger partial charge >= 0.3 is 5.97 Å². The summed E-state index contributed by atoms with van der Waals surface area (Å²) < 4.78 is 31.8. The molecular formula is C20H19N3O5S2. The van der Waals surface area contributed by atoms with E-state index in [-0.39, 0.29) is 41.9 Å². The highest BCUT2D eigenvalue weighted by Crippen LogP contribution is 2.26. The van der Waals surface area contributed by atoms with Crippen molar-refractivity contribution in [3.8, 4) is 0 Å². The third-order valence-electron chi connectivity index (χ3n) is 4.99. The molecule has 0 saturated carbocycles. The Bertz CT molecular complexity index is 1210. The summed E-state index contributed by atoms with van der Waals surface area (Å²) in [6.07, 6.45) is 1.60. The third-order valence-corrected chi connectivity index (χ3v) is 8.31. The van der Waals surface area contributed by atoms with Crippen molar-refractivity contribution in [1.29, 1.82) is 0 Å². The molecule has 3 aromatic rings. The zero-order valence-electron chi connectivity index (χ0n) is 16.1. The van der Waals surface area contributed by atoms with E-state index in [1.807, 2.05) is 30.3 Å². The lowest BCUT2D eigenvalue weighted by Crippen LogP contribution is -2.50. The molecule has 1 aromatic carbocycles. The molecule has 0 aliphatic carbocycles. The van der Waals surface area contributed by atoms with E-state index in [1.165, 1.54) is 22.9 Å². The number of esters is 1. The number of aromatic nitrogens is 1. The van der Waals surface area contributed by atoms with E-state index in [4.69, 9.17) is 0 Å². The molecule has 0 atom stereocenters. The molecular weight excluding hydrogens is 426 g/mol. The molecule has 1 saturated heterocycles. The lowest BCUT2D eigenvalue weighted by molar-refractivity contribution is 0.0600. The minimum Gasteiger partial charge on any atom is -0.465 e. The number of nitrogens with zero attached hydrogens (tertiary/aromatic N) is 3. The van der Waals surface area contributed by atoms with Crippen LogP contribution >= 0.6 is 11.3 Å². The number of sulfonamides is 1. The average Bonchev–Trinajstić information content (AvgIpc) is 3.29.